The van der Waals surface area contributed by atoms with Gasteiger partial charge in [0.2, 0.25) is 0 Å². The van der Waals surface area contributed by atoms with Crippen LogP contribution in [-0.4, -0.2) is 37.6 Å². The summed E-state index contributed by atoms with van der Waals surface area (Å²) in [6.45, 7) is 23.4. The maximum atomic E-state index is 6.15. The molecule has 0 saturated heterocycles. The van der Waals surface area contributed by atoms with E-state index in [-0.39, 0.29) is 28.6 Å². The van der Waals surface area contributed by atoms with E-state index < -0.39 is 0 Å². The number of hydrogen-bond donors (Lipinski definition) is 0. The van der Waals surface area contributed by atoms with Gasteiger partial charge in [0, 0.05) is 5.41 Å². The Kier molecular flexibility index (Phi) is 8.61. The van der Waals surface area contributed by atoms with Crippen LogP contribution in [0.2, 0.25) is 0 Å². The van der Waals surface area contributed by atoms with Crippen LogP contribution in [0.3, 0.4) is 0 Å². The summed E-state index contributed by atoms with van der Waals surface area (Å²) in [5, 5.41) is 0. The Morgan fingerprint density at radius 1 is 0.682 bits per heavy atom. The summed E-state index contributed by atoms with van der Waals surface area (Å²) >= 11 is 0. The average molecular weight is 317 g/mol. The Bertz CT molecular complexity index is 283. The number of hydrogen-bond acceptors (Lipinski definition) is 3. The smallest absolute Gasteiger partial charge is 0.0598 e. The summed E-state index contributed by atoms with van der Waals surface area (Å²) < 4.78 is 18.1. The third-order valence-electron chi connectivity index (χ3n) is 3.16. The Morgan fingerprint density at radius 2 is 1.09 bits per heavy atom. The van der Waals surface area contributed by atoms with E-state index in [0.29, 0.717) is 19.8 Å². The van der Waals surface area contributed by atoms with Crippen LogP contribution in [0.25, 0.3) is 0 Å². The minimum Gasteiger partial charge on any atom is -0.378 e. The first-order chi connectivity index (χ1) is 9.75. The van der Waals surface area contributed by atoms with Gasteiger partial charge in [0.1, 0.15) is 0 Å². The lowest BCUT2D eigenvalue weighted by Gasteiger charge is -2.40. The van der Waals surface area contributed by atoms with Gasteiger partial charge in [-0.1, -0.05) is 20.8 Å². The zero-order chi connectivity index (χ0) is 17.6. The highest BCUT2D eigenvalue weighted by molar-refractivity contribution is 4.86. The summed E-state index contributed by atoms with van der Waals surface area (Å²) in [4.78, 5) is 0. The molecule has 0 aromatic heterocycles. The molecule has 3 heteroatoms. The molecule has 0 amide bonds. The molecule has 3 nitrogen and oxygen atoms in total. The molecule has 0 spiro atoms. The summed E-state index contributed by atoms with van der Waals surface area (Å²) in [6.07, 6.45) is 1.44. The van der Waals surface area contributed by atoms with E-state index in [9.17, 15) is 0 Å². The fraction of sp³-hybridized carbons (Fsp3) is 1.00. The fourth-order valence-corrected chi connectivity index (χ4v) is 2.46. The lowest BCUT2D eigenvalue weighted by Crippen LogP contribution is -2.43. The molecule has 0 aromatic rings. The molecule has 0 fully saturated rings. The molecule has 0 aliphatic heterocycles. The number of rotatable bonds is 9. The van der Waals surface area contributed by atoms with Gasteiger partial charge < -0.3 is 14.2 Å². The Balaban J connectivity index is 5.18. The van der Waals surface area contributed by atoms with Gasteiger partial charge in [-0.05, 0) is 60.3 Å². The molecule has 0 radical (unpaired) electrons. The lowest BCUT2D eigenvalue weighted by molar-refractivity contribution is -0.133. The Morgan fingerprint density at radius 3 is 1.36 bits per heavy atom. The highest BCUT2D eigenvalue weighted by Crippen LogP contribution is 2.36. The molecule has 22 heavy (non-hydrogen) atoms. The van der Waals surface area contributed by atoms with Gasteiger partial charge in [0.15, 0.2) is 0 Å². The van der Waals surface area contributed by atoms with Gasteiger partial charge in [0.25, 0.3) is 0 Å². The van der Waals surface area contributed by atoms with Crippen molar-refractivity contribution >= 4 is 0 Å². The summed E-state index contributed by atoms with van der Waals surface area (Å²) in [5.41, 5.74) is -0.0687. The van der Waals surface area contributed by atoms with Crippen molar-refractivity contribution in [1.29, 1.82) is 0 Å². The normalized spacial score (nSPS) is 14.2. The van der Waals surface area contributed by atoms with E-state index in [2.05, 4.69) is 69.2 Å². The van der Waals surface area contributed by atoms with Crippen LogP contribution in [-0.2, 0) is 14.2 Å². The van der Waals surface area contributed by atoms with Gasteiger partial charge in [-0.2, -0.15) is 0 Å². The highest BCUT2D eigenvalue weighted by Gasteiger charge is 2.37. The van der Waals surface area contributed by atoms with Crippen molar-refractivity contribution in [3.63, 3.8) is 0 Å². The molecule has 0 bridgehead atoms. The van der Waals surface area contributed by atoms with Crippen molar-refractivity contribution in [2.24, 2.45) is 10.8 Å². The van der Waals surface area contributed by atoms with Gasteiger partial charge in [-0.25, -0.2) is 0 Å². The molecular formula is C19H40O3. The molecule has 0 aliphatic carbocycles. The monoisotopic (exact) mass is 316 g/mol. The van der Waals surface area contributed by atoms with Crippen LogP contribution >= 0.6 is 0 Å². The lowest BCUT2D eigenvalue weighted by atomic mass is 9.75. The second-order valence-corrected chi connectivity index (χ2v) is 9.36. The topological polar surface area (TPSA) is 27.7 Å². The maximum Gasteiger partial charge on any atom is 0.0598 e. The SMILES string of the molecule is CC(C)OCC(COC(C)C)(COC(C)(C)C)CC(C)(C)C. The molecule has 0 unspecified atom stereocenters. The Labute approximate surface area is 139 Å². The van der Waals surface area contributed by atoms with E-state index in [1.54, 1.807) is 0 Å². The molecule has 0 aliphatic rings. The molecule has 0 saturated carbocycles. The van der Waals surface area contributed by atoms with E-state index in [0.717, 1.165) is 6.42 Å². The average Bonchev–Trinajstić information content (AvgIpc) is 2.28. The molecule has 0 heterocycles. The third-order valence-corrected chi connectivity index (χ3v) is 3.16. The molecule has 0 aromatic carbocycles. The van der Waals surface area contributed by atoms with E-state index in [1.807, 2.05) is 0 Å². The van der Waals surface area contributed by atoms with Gasteiger partial charge in [0.05, 0.1) is 37.6 Å². The molecule has 0 rings (SSSR count). The maximum absolute atomic E-state index is 6.15. The predicted molar refractivity (Wildman–Crippen MR) is 94.4 cm³/mol. The molecule has 134 valence electrons. The first kappa shape index (κ1) is 21.9. The first-order valence-corrected chi connectivity index (χ1v) is 8.62. The quantitative estimate of drug-likeness (QED) is 0.594. The van der Waals surface area contributed by atoms with E-state index >= 15 is 0 Å². The molecule has 0 atom stereocenters. The Hall–Kier alpha value is -0.120. The highest BCUT2D eigenvalue weighted by atomic mass is 16.5. The zero-order valence-corrected chi connectivity index (χ0v) is 16.7. The summed E-state index contributed by atoms with van der Waals surface area (Å²) in [6, 6.07) is 0. The minimum absolute atomic E-state index is 0.111. The van der Waals surface area contributed by atoms with Crippen molar-refractivity contribution in [1.82, 2.24) is 0 Å². The van der Waals surface area contributed by atoms with E-state index in [1.165, 1.54) is 0 Å². The standard InChI is InChI=1S/C19H40O3/c1-15(2)20-12-19(11-17(5,6)7,13-21-16(3)4)14-22-18(8,9)10/h15-16H,11-14H2,1-10H3. The first-order valence-electron chi connectivity index (χ1n) is 8.62. The van der Waals surface area contributed by atoms with Crippen LogP contribution in [0.5, 0.6) is 0 Å². The largest absolute Gasteiger partial charge is 0.378 e. The third kappa shape index (κ3) is 11.4. The summed E-state index contributed by atoms with van der Waals surface area (Å²) in [7, 11) is 0. The second kappa shape index (κ2) is 8.65. The van der Waals surface area contributed by atoms with Gasteiger partial charge >= 0.3 is 0 Å². The van der Waals surface area contributed by atoms with Crippen LogP contribution < -0.4 is 0 Å². The number of ether oxygens (including phenoxy) is 3. The van der Waals surface area contributed by atoms with Crippen molar-refractivity contribution in [2.45, 2.75) is 93.5 Å². The predicted octanol–water partition coefficient (Wildman–Crippen LogP) is 5.07. The van der Waals surface area contributed by atoms with Gasteiger partial charge in [-0.3, -0.25) is 0 Å². The van der Waals surface area contributed by atoms with Crippen molar-refractivity contribution < 1.29 is 14.2 Å². The molecule has 0 N–H and O–H groups in total. The van der Waals surface area contributed by atoms with Crippen molar-refractivity contribution in [2.75, 3.05) is 19.8 Å². The van der Waals surface area contributed by atoms with Gasteiger partial charge in [-0.15, -0.1) is 0 Å². The van der Waals surface area contributed by atoms with Crippen LogP contribution in [0.15, 0.2) is 0 Å². The van der Waals surface area contributed by atoms with Crippen LogP contribution in [0.4, 0.5) is 0 Å². The zero-order valence-electron chi connectivity index (χ0n) is 16.7. The summed E-state index contributed by atoms with van der Waals surface area (Å²) in [5.74, 6) is 0. The van der Waals surface area contributed by atoms with Crippen molar-refractivity contribution in [3.05, 3.63) is 0 Å². The minimum atomic E-state index is -0.154. The van der Waals surface area contributed by atoms with E-state index in [4.69, 9.17) is 14.2 Å². The fourth-order valence-electron chi connectivity index (χ4n) is 2.46. The second-order valence-electron chi connectivity index (χ2n) is 9.36. The molecular weight excluding hydrogens is 276 g/mol. The van der Waals surface area contributed by atoms with Crippen molar-refractivity contribution in [3.8, 4) is 0 Å². The van der Waals surface area contributed by atoms with Crippen LogP contribution in [0, 0.1) is 10.8 Å². The van der Waals surface area contributed by atoms with Crippen LogP contribution in [0.1, 0.15) is 75.7 Å².